The molecule has 1 aromatic heterocycles. The average Bonchev–Trinajstić information content (AvgIpc) is 2.74. The minimum Gasteiger partial charge on any atom is -0.306 e. The molecule has 0 saturated carbocycles. The molecule has 108 valence electrons. The van der Waals surface area contributed by atoms with Crippen molar-refractivity contribution in [2.75, 3.05) is 6.54 Å². The third kappa shape index (κ3) is 3.77. The lowest BCUT2D eigenvalue weighted by Gasteiger charge is -2.18. The molecule has 0 spiro atoms. The molecule has 0 radical (unpaired) electrons. The lowest BCUT2D eigenvalue weighted by Crippen LogP contribution is -2.22. The Kier molecular flexibility index (Phi) is 5.94. The van der Waals surface area contributed by atoms with Crippen molar-refractivity contribution in [3.05, 3.63) is 54.1 Å². The molecule has 0 fully saturated rings. The van der Waals surface area contributed by atoms with Gasteiger partial charge in [0.25, 0.3) is 0 Å². The molecule has 0 saturated heterocycles. The van der Waals surface area contributed by atoms with Crippen LogP contribution < -0.4 is 5.32 Å². The highest BCUT2D eigenvalue weighted by molar-refractivity contribution is 9.10. The molecule has 0 aliphatic rings. The summed E-state index contributed by atoms with van der Waals surface area (Å²) in [5, 5.41) is 4.38. The van der Waals surface area contributed by atoms with Crippen LogP contribution in [0.1, 0.15) is 35.4 Å². The topological polar surface area (TPSA) is 12.0 Å². The van der Waals surface area contributed by atoms with E-state index in [1.807, 2.05) is 13.0 Å². The Balaban J connectivity index is 2.38. The second kappa shape index (κ2) is 7.28. The van der Waals surface area contributed by atoms with Crippen molar-refractivity contribution < 1.29 is 0 Å². The number of halogens is 3. The van der Waals surface area contributed by atoms with E-state index in [0.717, 1.165) is 32.4 Å². The number of hydrogen-bond acceptors (Lipinski definition) is 2. The number of thiophene rings is 1. The predicted molar refractivity (Wildman–Crippen MR) is 93.4 cm³/mol. The van der Waals surface area contributed by atoms with Crippen LogP contribution in [0.5, 0.6) is 0 Å². The van der Waals surface area contributed by atoms with E-state index in [0.29, 0.717) is 0 Å². The van der Waals surface area contributed by atoms with Gasteiger partial charge in [-0.2, -0.15) is 0 Å². The van der Waals surface area contributed by atoms with Gasteiger partial charge in [-0.25, -0.2) is 0 Å². The Hall–Kier alpha value is -0.0600. The van der Waals surface area contributed by atoms with E-state index in [4.69, 9.17) is 23.2 Å². The molecule has 1 atom stereocenters. The Morgan fingerprint density at radius 1 is 1.30 bits per heavy atom. The van der Waals surface area contributed by atoms with Crippen molar-refractivity contribution in [3.63, 3.8) is 0 Å². The van der Waals surface area contributed by atoms with E-state index in [2.05, 4.69) is 46.4 Å². The van der Waals surface area contributed by atoms with Gasteiger partial charge in [-0.1, -0.05) is 42.3 Å². The largest absolute Gasteiger partial charge is 0.306 e. The zero-order valence-corrected chi connectivity index (χ0v) is 15.3. The summed E-state index contributed by atoms with van der Waals surface area (Å²) < 4.78 is 1.74. The summed E-state index contributed by atoms with van der Waals surface area (Å²) in [6.07, 6.45) is 1.09. The van der Waals surface area contributed by atoms with E-state index in [1.54, 1.807) is 11.3 Å². The van der Waals surface area contributed by atoms with Crippen LogP contribution in [0.25, 0.3) is 0 Å². The Morgan fingerprint density at radius 2 is 2.05 bits per heavy atom. The Labute approximate surface area is 142 Å². The standard InChI is InChI=1S/C15H16BrCl2NS/c1-3-6-19-14(13-8-11(16)15(18)20-13)10-4-5-12(17)9(2)7-10/h4-5,7-8,14,19H,3,6H2,1-2H3. The van der Waals surface area contributed by atoms with E-state index < -0.39 is 0 Å². The molecule has 1 N–H and O–H groups in total. The SMILES string of the molecule is CCCNC(c1ccc(Cl)c(C)c1)c1cc(Br)c(Cl)s1. The van der Waals surface area contributed by atoms with Gasteiger partial charge in [-0.3, -0.25) is 0 Å². The fourth-order valence-electron chi connectivity index (χ4n) is 2.02. The van der Waals surface area contributed by atoms with Crippen molar-refractivity contribution in [2.24, 2.45) is 0 Å². The van der Waals surface area contributed by atoms with Crippen LogP contribution >= 0.6 is 50.5 Å². The highest BCUT2D eigenvalue weighted by atomic mass is 79.9. The van der Waals surface area contributed by atoms with Gasteiger partial charge < -0.3 is 5.32 Å². The van der Waals surface area contributed by atoms with Gasteiger partial charge in [-0.15, -0.1) is 11.3 Å². The van der Waals surface area contributed by atoms with Crippen molar-refractivity contribution in [3.8, 4) is 0 Å². The molecule has 2 rings (SSSR count). The maximum absolute atomic E-state index is 6.17. The first kappa shape index (κ1) is 16.3. The summed E-state index contributed by atoms with van der Waals surface area (Å²) in [6, 6.07) is 8.41. The lowest BCUT2D eigenvalue weighted by molar-refractivity contribution is 0.605. The lowest BCUT2D eigenvalue weighted by atomic mass is 10.0. The quantitative estimate of drug-likeness (QED) is 0.637. The summed E-state index contributed by atoms with van der Waals surface area (Å²) in [4.78, 5) is 1.21. The minimum absolute atomic E-state index is 0.153. The molecule has 0 bridgehead atoms. The van der Waals surface area contributed by atoms with Crippen LogP contribution in [0.2, 0.25) is 9.36 Å². The summed E-state index contributed by atoms with van der Waals surface area (Å²) in [5.74, 6) is 0. The molecule has 0 amide bonds. The fourth-order valence-corrected chi connectivity index (χ4v) is 3.98. The first-order valence-corrected chi connectivity index (χ1v) is 8.83. The number of rotatable bonds is 5. The molecular weight excluding hydrogens is 377 g/mol. The number of hydrogen-bond donors (Lipinski definition) is 1. The van der Waals surface area contributed by atoms with E-state index in [-0.39, 0.29) is 6.04 Å². The van der Waals surface area contributed by atoms with Crippen LogP contribution in [0, 0.1) is 6.92 Å². The first-order valence-electron chi connectivity index (χ1n) is 6.47. The molecule has 1 unspecified atom stereocenters. The zero-order chi connectivity index (χ0) is 14.7. The van der Waals surface area contributed by atoms with Gasteiger partial charge in [-0.05, 0) is 59.1 Å². The second-order valence-electron chi connectivity index (χ2n) is 4.67. The van der Waals surface area contributed by atoms with Gasteiger partial charge in [0, 0.05) is 14.4 Å². The molecule has 1 heterocycles. The van der Waals surface area contributed by atoms with Crippen molar-refractivity contribution in [2.45, 2.75) is 26.3 Å². The van der Waals surface area contributed by atoms with Gasteiger partial charge in [0.15, 0.2) is 0 Å². The maximum atomic E-state index is 6.17. The molecule has 1 nitrogen and oxygen atoms in total. The van der Waals surface area contributed by atoms with E-state index >= 15 is 0 Å². The highest BCUT2D eigenvalue weighted by Crippen LogP contribution is 2.37. The summed E-state index contributed by atoms with van der Waals surface area (Å²) >= 11 is 17.4. The highest BCUT2D eigenvalue weighted by Gasteiger charge is 2.18. The van der Waals surface area contributed by atoms with E-state index in [1.165, 1.54) is 10.4 Å². The average molecular weight is 393 g/mol. The normalized spacial score (nSPS) is 12.7. The molecule has 2 aromatic rings. The van der Waals surface area contributed by atoms with Crippen LogP contribution in [0.3, 0.4) is 0 Å². The molecule has 0 aliphatic heterocycles. The van der Waals surface area contributed by atoms with Crippen molar-refractivity contribution in [1.82, 2.24) is 5.32 Å². The number of aryl methyl sites for hydroxylation is 1. The third-order valence-corrected chi connectivity index (χ3v) is 6.03. The second-order valence-corrected chi connectivity index (χ2v) is 7.61. The predicted octanol–water partition coefficient (Wildman–Crippen LogP) is 6.21. The Bertz CT molecular complexity index is 578. The van der Waals surface area contributed by atoms with Crippen molar-refractivity contribution >= 4 is 50.5 Å². The van der Waals surface area contributed by atoms with E-state index in [9.17, 15) is 0 Å². The first-order chi connectivity index (χ1) is 9.52. The molecule has 0 aliphatic carbocycles. The monoisotopic (exact) mass is 391 g/mol. The molecule has 20 heavy (non-hydrogen) atoms. The van der Waals surface area contributed by atoms with Gasteiger partial charge >= 0.3 is 0 Å². The Morgan fingerprint density at radius 3 is 2.60 bits per heavy atom. The number of benzene rings is 1. The van der Waals surface area contributed by atoms with Crippen LogP contribution in [-0.4, -0.2) is 6.54 Å². The molecule has 5 heteroatoms. The van der Waals surface area contributed by atoms with Gasteiger partial charge in [0.05, 0.1) is 6.04 Å². The smallest absolute Gasteiger partial charge is 0.107 e. The van der Waals surface area contributed by atoms with Crippen LogP contribution in [0.15, 0.2) is 28.7 Å². The van der Waals surface area contributed by atoms with Crippen molar-refractivity contribution in [1.29, 1.82) is 0 Å². The minimum atomic E-state index is 0.153. The fraction of sp³-hybridized carbons (Fsp3) is 0.333. The van der Waals surface area contributed by atoms with Gasteiger partial charge in [0.1, 0.15) is 4.34 Å². The zero-order valence-electron chi connectivity index (χ0n) is 11.3. The molecular formula is C15H16BrCl2NS. The van der Waals surface area contributed by atoms with Crippen LogP contribution in [-0.2, 0) is 0 Å². The summed E-state index contributed by atoms with van der Waals surface area (Å²) in [6.45, 7) is 5.15. The van der Waals surface area contributed by atoms with Crippen LogP contribution in [0.4, 0.5) is 0 Å². The maximum Gasteiger partial charge on any atom is 0.107 e. The summed E-state index contributed by atoms with van der Waals surface area (Å²) in [5.41, 5.74) is 2.31. The van der Waals surface area contributed by atoms with Gasteiger partial charge in [0.2, 0.25) is 0 Å². The number of nitrogens with one attached hydrogen (secondary N) is 1. The summed E-state index contributed by atoms with van der Waals surface area (Å²) in [7, 11) is 0. The molecule has 1 aromatic carbocycles. The third-order valence-electron chi connectivity index (χ3n) is 3.06.